The van der Waals surface area contributed by atoms with Crippen molar-refractivity contribution in [3.05, 3.63) is 30.3 Å². The molecule has 0 aliphatic heterocycles. The van der Waals surface area contributed by atoms with E-state index in [4.69, 9.17) is 14.2 Å². The van der Waals surface area contributed by atoms with E-state index < -0.39 is 19.8 Å². The zero-order valence-corrected chi connectivity index (χ0v) is 11.1. The zero-order valence-electron chi connectivity index (χ0n) is 10.2. The van der Waals surface area contributed by atoms with E-state index in [-0.39, 0.29) is 6.61 Å². The van der Waals surface area contributed by atoms with E-state index in [1.807, 2.05) is 0 Å². The van der Waals surface area contributed by atoms with E-state index in [2.05, 4.69) is 5.09 Å². The topological polar surface area (TPSA) is 84.9 Å². The summed E-state index contributed by atoms with van der Waals surface area (Å²) >= 11 is 0. The summed E-state index contributed by atoms with van der Waals surface area (Å²) in [5.41, 5.74) is 0. The van der Waals surface area contributed by atoms with E-state index in [0.29, 0.717) is 5.75 Å². The second-order valence-corrected chi connectivity index (χ2v) is 5.20. The second-order valence-electron chi connectivity index (χ2n) is 3.51. The van der Waals surface area contributed by atoms with Crippen LogP contribution in [-0.4, -0.2) is 23.7 Å². The lowest BCUT2D eigenvalue weighted by Crippen LogP contribution is -2.33. The molecule has 0 spiro atoms. The van der Waals surface area contributed by atoms with E-state index in [1.54, 1.807) is 37.3 Å². The van der Waals surface area contributed by atoms with Crippen LogP contribution in [0.15, 0.2) is 30.3 Å². The Kier molecular flexibility index (Phi) is 5.34. The van der Waals surface area contributed by atoms with Gasteiger partial charge in [0.2, 0.25) is 0 Å². The van der Waals surface area contributed by atoms with Gasteiger partial charge in [-0.15, -0.1) is 0 Å². The van der Waals surface area contributed by atoms with Crippen molar-refractivity contribution in [2.45, 2.75) is 19.9 Å². The standard InChI is InChI=1S/C11H16NO5P/c1-3-16-18(15,12-9(2)11(13)14)17-10-7-5-4-6-8-10/h4-9H,3H2,1-2H3,(H,12,15)(H,13,14)/t9-,18?/m0/s1. The smallest absolute Gasteiger partial charge is 0.459 e. The highest BCUT2D eigenvalue weighted by molar-refractivity contribution is 7.52. The Hall–Kier alpha value is -1.36. The number of rotatable bonds is 7. The molecule has 1 unspecified atom stereocenters. The SMILES string of the molecule is CCOP(=O)(N[C@@H](C)C(=O)O)Oc1ccccc1. The molecule has 0 saturated heterocycles. The molecule has 0 radical (unpaired) electrons. The van der Waals surface area contributed by atoms with E-state index >= 15 is 0 Å². The van der Waals surface area contributed by atoms with Gasteiger partial charge in [-0.1, -0.05) is 18.2 Å². The van der Waals surface area contributed by atoms with Gasteiger partial charge in [0.25, 0.3) is 0 Å². The lowest BCUT2D eigenvalue weighted by atomic mass is 10.3. The number of hydrogen-bond donors (Lipinski definition) is 2. The summed E-state index contributed by atoms with van der Waals surface area (Å²) in [4.78, 5) is 10.7. The number of nitrogens with one attached hydrogen (secondary N) is 1. The molecule has 0 aliphatic carbocycles. The van der Waals surface area contributed by atoms with Gasteiger partial charge < -0.3 is 9.63 Å². The molecule has 1 aromatic rings. The number of hydrogen-bond acceptors (Lipinski definition) is 4. The Bertz CT molecular complexity index is 436. The number of benzene rings is 1. The molecule has 0 saturated carbocycles. The van der Waals surface area contributed by atoms with Crippen LogP contribution in [0.3, 0.4) is 0 Å². The first-order valence-electron chi connectivity index (χ1n) is 5.46. The molecule has 0 aliphatic rings. The quantitative estimate of drug-likeness (QED) is 0.741. The average molecular weight is 273 g/mol. The minimum Gasteiger partial charge on any atom is -0.480 e. The summed E-state index contributed by atoms with van der Waals surface area (Å²) in [5, 5.41) is 11.1. The zero-order chi connectivity index (χ0) is 13.6. The Labute approximate surface area is 106 Å². The highest BCUT2D eigenvalue weighted by atomic mass is 31.2. The molecule has 100 valence electrons. The van der Waals surface area contributed by atoms with E-state index in [9.17, 15) is 9.36 Å². The van der Waals surface area contributed by atoms with Gasteiger partial charge in [0.05, 0.1) is 6.61 Å². The monoisotopic (exact) mass is 273 g/mol. The van der Waals surface area contributed by atoms with E-state index in [1.165, 1.54) is 6.92 Å². The molecule has 2 atom stereocenters. The van der Waals surface area contributed by atoms with Crippen molar-refractivity contribution in [1.29, 1.82) is 0 Å². The van der Waals surface area contributed by atoms with Crippen LogP contribution in [0.1, 0.15) is 13.8 Å². The van der Waals surface area contributed by atoms with Crippen molar-refractivity contribution in [2.75, 3.05) is 6.61 Å². The van der Waals surface area contributed by atoms with Gasteiger partial charge in [0, 0.05) is 0 Å². The lowest BCUT2D eigenvalue weighted by molar-refractivity contribution is -0.138. The summed E-state index contributed by atoms with van der Waals surface area (Å²) in [6.07, 6.45) is 0. The molecule has 1 rings (SSSR count). The summed E-state index contributed by atoms with van der Waals surface area (Å²) < 4.78 is 22.5. The van der Waals surface area contributed by atoms with Crippen molar-refractivity contribution in [1.82, 2.24) is 5.09 Å². The molecule has 2 N–H and O–H groups in total. The fourth-order valence-electron chi connectivity index (χ4n) is 1.17. The van der Waals surface area contributed by atoms with Crippen LogP contribution >= 0.6 is 7.75 Å². The van der Waals surface area contributed by atoms with Gasteiger partial charge in [0.1, 0.15) is 11.8 Å². The minimum atomic E-state index is -3.68. The summed E-state index contributed by atoms with van der Waals surface area (Å²) in [6.45, 7) is 3.15. The minimum absolute atomic E-state index is 0.142. The molecule has 6 nitrogen and oxygen atoms in total. The first-order chi connectivity index (χ1) is 8.47. The molecule has 1 aromatic carbocycles. The first-order valence-corrected chi connectivity index (χ1v) is 7.01. The van der Waals surface area contributed by atoms with Crippen molar-refractivity contribution in [2.24, 2.45) is 0 Å². The Morgan fingerprint density at radius 1 is 1.44 bits per heavy atom. The lowest BCUT2D eigenvalue weighted by Gasteiger charge is -2.21. The van der Waals surface area contributed by atoms with Crippen LogP contribution < -0.4 is 9.61 Å². The van der Waals surface area contributed by atoms with Crippen LogP contribution in [0.25, 0.3) is 0 Å². The summed E-state index contributed by atoms with van der Waals surface area (Å²) in [6, 6.07) is 7.40. The molecule has 0 bridgehead atoms. The molecule has 7 heteroatoms. The fraction of sp³-hybridized carbons (Fsp3) is 0.364. The molecule has 18 heavy (non-hydrogen) atoms. The Morgan fingerprint density at radius 2 is 2.06 bits per heavy atom. The fourth-order valence-corrected chi connectivity index (χ4v) is 2.68. The largest absolute Gasteiger partial charge is 0.480 e. The first kappa shape index (κ1) is 14.7. The predicted octanol–water partition coefficient (Wildman–Crippen LogP) is 2.27. The number of carboxylic acid groups (broad SMARTS) is 1. The highest BCUT2D eigenvalue weighted by Crippen LogP contribution is 2.44. The maximum absolute atomic E-state index is 12.3. The number of para-hydroxylation sites is 1. The molecular weight excluding hydrogens is 257 g/mol. The maximum Gasteiger partial charge on any atom is 0.459 e. The van der Waals surface area contributed by atoms with Crippen molar-refractivity contribution in [3.8, 4) is 5.75 Å². The molecular formula is C11H16NO5P. The van der Waals surface area contributed by atoms with Gasteiger partial charge in [-0.25, -0.2) is 4.57 Å². The third-order valence-electron chi connectivity index (χ3n) is 1.99. The molecule has 0 amide bonds. The van der Waals surface area contributed by atoms with Crippen LogP contribution in [0.2, 0.25) is 0 Å². The van der Waals surface area contributed by atoms with Gasteiger partial charge in [0.15, 0.2) is 0 Å². The highest BCUT2D eigenvalue weighted by Gasteiger charge is 2.30. The third kappa shape index (κ3) is 4.49. The maximum atomic E-state index is 12.3. The van der Waals surface area contributed by atoms with Crippen molar-refractivity contribution in [3.63, 3.8) is 0 Å². The molecule has 0 aromatic heterocycles. The van der Waals surface area contributed by atoms with Gasteiger partial charge >= 0.3 is 13.7 Å². The van der Waals surface area contributed by atoms with Gasteiger partial charge in [-0.3, -0.25) is 9.32 Å². The van der Waals surface area contributed by atoms with Crippen molar-refractivity contribution < 1.29 is 23.5 Å². The van der Waals surface area contributed by atoms with Gasteiger partial charge in [-0.2, -0.15) is 5.09 Å². The van der Waals surface area contributed by atoms with Crippen molar-refractivity contribution >= 4 is 13.7 Å². The Balaban J connectivity index is 2.80. The predicted molar refractivity (Wildman–Crippen MR) is 66.5 cm³/mol. The third-order valence-corrected chi connectivity index (χ3v) is 3.74. The van der Waals surface area contributed by atoms with Crippen LogP contribution in [-0.2, 0) is 13.9 Å². The number of aliphatic carboxylic acids is 1. The molecule has 0 fully saturated rings. The summed E-state index contributed by atoms with van der Waals surface area (Å²) in [5.74, 6) is -0.786. The van der Waals surface area contributed by atoms with E-state index in [0.717, 1.165) is 0 Å². The molecule has 0 heterocycles. The van der Waals surface area contributed by atoms with Crippen LogP contribution in [0, 0.1) is 0 Å². The number of carboxylic acids is 1. The second kappa shape index (κ2) is 6.54. The van der Waals surface area contributed by atoms with Crippen LogP contribution in [0.4, 0.5) is 0 Å². The van der Waals surface area contributed by atoms with Crippen LogP contribution in [0.5, 0.6) is 5.75 Å². The number of carbonyl (C=O) groups is 1. The normalized spacial score (nSPS) is 15.7. The average Bonchev–Trinajstić information content (AvgIpc) is 2.29. The van der Waals surface area contributed by atoms with Gasteiger partial charge in [-0.05, 0) is 26.0 Å². The summed E-state index contributed by atoms with van der Waals surface area (Å²) in [7, 11) is -3.68. The Morgan fingerprint density at radius 3 is 2.56 bits per heavy atom.